The number of rotatable bonds is 6. The summed E-state index contributed by atoms with van der Waals surface area (Å²) in [6.45, 7) is 5.11. The largest absolute Gasteiger partial charge is 0.395 e. The van der Waals surface area contributed by atoms with Gasteiger partial charge in [0.05, 0.1) is 18.9 Å². The number of aryl methyl sites for hydroxylation is 1. The standard InChI is InChI=1S/C12H18N4O2/c1-9-10(2)14-15-12(11(9)8-13)16(4-6-17)5-7-18-3/h17H,4-7H2,1-3H3. The van der Waals surface area contributed by atoms with Crippen LogP contribution in [0.5, 0.6) is 0 Å². The molecule has 0 radical (unpaired) electrons. The van der Waals surface area contributed by atoms with Gasteiger partial charge in [-0.2, -0.15) is 10.4 Å². The average molecular weight is 250 g/mol. The lowest BCUT2D eigenvalue weighted by Crippen LogP contribution is -2.32. The van der Waals surface area contributed by atoms with Crippen molar-refractivity contribution in [2.24, 2.45) is 0 Å². The molecule has 6 heteroatoms. The van der Waals surface area contributed by atoms with Crippen LogP contribution in [0.3, 0.4) is 0 Å². The normalized spacial score (nSPS) is 10.2. The van der Waals surface area contributed by atoms with E-state index in [0.29, 0.717) is 31.1 Å². The number of anilines is 1. The van der Waals surface area contributed by atoms with Gasteiger partial charge in [-0.25, -0.2) is 0 Å². The number of aromatic nitrogens is 2. The van der Waals surface area contributed by atoms with Gasteiger partial charge in [-0.15, -0.1) is 5.10 Å². The van der Waals surface area contributed by atoms with Crippen LogP contribution < -0.4 is 4.90 Å². The van der Waals surface area contributed by atoms with Crippen molar-refractivity contribution in [2.75, 3.05) is 38.3 Å². The lowest BCUT2D eigenvalue weighted by molar-refractivity contribution is 0.202. The third-order valence-electron chi connectivity index (χ3n) is 2.78. The summed E-state index contributed by atoms with van der Waals surface area (Å²) in [7, 11) is 1.61. The predicted octanol–water partition coefficient (Wildman–Crippen LogP) is 0.410. The van der Waals surface area contributed by atoms with Gasteiger partial charge in [0.15, 0.2) is 5.82 Å². The molecule has 0 aromatic carbocycles. The van der Waals surface area contributed by atoms with E-state index in [1.165, 1.54) is 0 Å². The third-order valence-corrected chi connectivity index (χ3v) is 2.78. The van der Waals surface area contributed by atoms with Crippen LogP contribution >= 0.6 is 0 Å². The Hall–Kier alpha value is -1.71. The van der Waals surface area contributed by atoms with E-state index in [2.05, 4.69) is 16.3 Å². The number of hydrogen-bond acceptors (Lipinski definition) is 6. The summed E-state index contributed by atoms with van der Waals surface area (Å²) >= 11 is 0. The van der Waals surface area contributed by atoms with Gasteiger partial charge in [0, 0.05) is 20.2 Å². The Morgan fingerprint density at radius 2 is 2.06 bits per heavy atom. The van der Waals surface area contributed by atoms with Crippen LogP contribution in [0.25, 0.3) is 0 Å². The lowest BCUT2D eigenvalue weighted by atomic mass is 10.1. The summed E-state index contributed by atoms with van der Waals surface area (Å²) in [5.41, 5.74) is 2.07. The molecule has 1 aromatic heterocycles. The van der Waals surface area contributed by atoms with Gasteiger partial charge in [-0.1, -0.05) is 0 Å². The fourth-order valence-electron chi connectivity index (χ4n) is 1.60. The molecule has 6 nitrogen and oxygen atoms in total. The second kappa shape index (κ2) is 6.89. The monoisotopic (exact) mass is 250 g/mol. The number of aliphatic hydroxyl groups is 1. The molecule has 0 saturated heterocycles. The van der Waals surface area contributed by atoms with Crippen LogP contribution in [0.2, 0.25) is 0 Å². The Morgan fingerprint density at radius 1 is 1.33 bits per heavy atom. The molecule has 0 unspecified atom stereocenters. The molecule has 1 aromatic rings. The average Bonchev–Trinajstić information content (AvgIpc) is 2.37. The summed E-state index contributed by atoms with van der Waals surface area (Å²) in [5, 5.41) is 26.4. The summed E-state index contributed by atoms with van der Waals surface area (Å²) < 4.78 is 5.01. The lowest BCUT2D eigenvalue weighted by Gasteiger charge is -2.23. The molecular formula is C12H18N4O2. The van der Waals surface area contributed by atoms with E-state index in [9.17, 15) is 5.26 Å². The highest BCUT2D eigenvalue weighted by Gasteiger charge is 2.16. The highest BCUT2D eigenvalue weighted by Crippen LogP contribution is 2.20. The van der Waals surface area contributed by atoms with E-state index in [4.69, 9.17) is 9.84 Å². The summed E-state index contributed by atoms with van der Waals surface area (Å²) in [4.78, 5) is 1.81. The maximum atomic E-state index is 9.23. The van der Waals surface area contributed by atoms with Crippen molar-refractivity contribution in [3.63, 3.8) is 0 Å². The molecule has 98 valence electrons. The second-order valence-electron chi connectivity index (χ2n) is 3.92. The number of aliphatic hydroxyl groups excluding tert-OH is 1. The maximum absolute atomic E-state index is 9.23. The first-order chi connectivity index (χ1) is 8.65. The van der Waals surface area contributed by atoms with Gasteiger partial charge in [-0.05, 0) is 19.4 Å². The number of nitrogens with zero attached hydrogens (tertiary/aromatic N) is 4. The fourth-order valence-corrected chi connectivity index (χ4v) is 1.60. The Labute approximate surface area is 107 Å². The number of hydrogen-bond donors (Lipinski definition) is 1. The minimum absolute atomic E-state index is 0.0107. The molecule has 0 saturated carbocycles. The molecule has 0 bridgehead atoms. The zero-order valence-electron chi connectivity index (χ0n) is 11.0. The highest BCUT2D eigenvalue weighted by molar-refractivity contribution is 5.57. The molecule has 0 aliphatic heterocycles. The predicted molar refractivity (Wildman–Crippen MR) is 67.4 cm³/mol. The van der Waals surface area contributed by atoms with Gasteiger partial charge < -0.3 is 14.7 Å². The van der Waals surface area contributed by atoms with Crippen molar-refractivity contribution >= 4 is 5.82 Å². The number of nitriles is 1. The van der Waals surface area contributed by atoms with E-state index in [0.717, 1.165) is 11.3 Å². The topological polar surface area (TPSA) is 82.3 Å². The van der Waals surface area contributed by atoms with Gasteiger partial charge in [0.25, 0.3) is 0 Å². The van der Waals surface area contributed by atoms with Gasteiger partial charge >= 0.3 is 0 Å². The van der Waals surface area contributed by atoms with E-state index >= 15 is 0 Å². The summed E-state index contributed by atoms with van der Waals surface area (Å²) in [6.07, 6.45) is 0. The Morgan fingerprint density at radius 3 is 2.61 bits per heavy atom. The van der Waals surface area contributed by atoms with Crippen LogP contribution in [-0.2, 0) is 4.74 Å². The molecule has 1 rings (SSSR count). The highest BCUT2D eigenvalue weighted by atomic mass is 16.5. The molecule has 0 fully saturated rings. The minimum atomic E-state index is -0.0107. The van der Waals surface area contributed by atoms with Gasteiger partial charge in [0.1, 0.15) is 11.6 Å². The first-order valence-corrected chi connectivity index (χ1v) is 5.74. The molecule has 18 heavy (non-hydrogen) atoms. The van der Waals surface area contributed by atoms with E-state index in [1.807, 2.05) is 18.7 Å². The summed E-state index contributed by atoms with van der Waals surface area (Å²) in [5.74, 6) is 0.506. The first-order valence-electron chi connectivity index (χ1n) is 5.74. The number of ether oxygens (including phenoxy) is 1. The van der Waals surface area contributed by atoms with Crippen molar-refractivity contribution in [1.82, 2.24) is 10.2 Å². The molecule has 1 heterocycles. The van der Waals surface area contributed by atoms with Crippen LogP contribution in [0.4, 0.5) is 5.82 Å². The zero-order chi connectivity index (χ0) is 13.5. The molecule has 1 N–H and O–H groups in total. The summed E-state index contributed by atoms with van der Waals surface area (Å²) in [6, 6.07) is 2.15. The van der Waals surface area contributed by atoms with Crippen molar-refractivity contribution in [1.29, 1.82) is 5.26 Å². The van der Waals surface area contributed by atoms with Gasteiger partial charge in [-0.3, -0.25) is 0 Å². The van der Waals surface area contributed by atoms with Crippen molar-refractivity contribution in [2.45, 2.75) is 13.8 Å². The molecule has 0 amide bonds. The molecule has 0 atom stereocenters. The Balaban J connectivity index is 3.11. The second-order valence-corrected chi connectivity index (χ2v) is 3.92. The third kappa shape index (κ3) is 3.15. The van der Waals surface area contributed by atoms with Crippen LogP contribution in [0.15, 0.2) is 0 Å². The fraction of sp³-hybridized carbons (Fsp3) is 0.583. The van der Waals surface area contributed by atoms with Crippen molar-refractivity contribution < 1.29 is 9.84 Å². The maximum Gasteiger partial charge on any atom is 0.169 e. The van der Waals surface area contributed by atoms with Crippen molar-refractivity contribution in [3.8, 4) is 6.07 Å². The number of methoxy groups -OCH3 is 1. The molecular weight excluding hydrogens is 232 g/mol. The Kier molecular flexibility index (Phi) is 5.49. The van der Waals surface area contributed by atoms with Crippen LogP contribution in [0, 0.1) is 25.2 Å². The molecule has 0 aliphatic rings. The SMILES string of the molecule is COCCN(CCO)c1nnc(C)c(C)c1C#N. The smallest absolute Gasteiger partial charge is 0.169 e. The van der Waals surface area contributed by atoms with E-state index in [1.54, 1.807) is 7.11 Å². The molecule has 0 spiro atoms. The quantitative estimate of drug-likeness (QED) is 0.787. The van der Waals surface area contributed by atoms with E-state index in [-0.39, 0.29) is 6.61 Å². The Bertz CT molecular complexity index is 442. The minimum Gasteiger partial charge on any atom is -0.395 e. The van der Waals surface area contributed by atoms with E-state index < -0.39 is 0 Å². The molecule has 0 aliphatic carbocycles. The van der Waals surface area contributed by atoms with Crippen LogP contribution in [-0.4, -0.2) is 48.7 Å². The first kappa shape index (κ1) is 14.4. The van der Waals surface area contributed by atoms with Crippen molar-refractivity contribution in [3.05, 3.63) is 16.8 Å². The van der Waals surface area contributed by atoms with Gasteiger partial charge in [0.2, 0.25) is 0 Å². The zero-order valence-corrected chi connectivity index (χ0v) is 11.0. The van der Waals surface area contributed by atoms with Crippen LogP contribution in [0.1, 0.15) is 16.8 Å².